The second kappa shape index (κ2) is 6.68. The Bertz CT molecular complexity index is 344. The number of ether oxygens (including phenoxy) is 1. The Kier molecular flexibility index (Phi) is 5.19. The largest absolute Gasteiger partial charge is 0.379 e. The fourth-order valence-corrected chi connectivity index (χ4v) is 2.42. The summed E-state index contributed by atoms with van der Waals surface area (Å²) in [5.74, 6) is -0.116. The molecule has 4 nitrogen and oxygen atoms in total. The van der Waals surface area contributed by atoms with Crippen LogP contribution in [0.4, 0.5) is 4.39 Å². The SMILES string of the molecule is O=C(/C=C/CCCC1CC1(F)Cl)NN1CCOCC1. The van der Waals surface area contributed by atoms with Crippen molar-refractivity contribution in [2.75, 3.05) is 26.3 Å². The summed E-state index contributed by atoms with van der Waals surface area (Å²) in [5.41, 5.74) is 2.79. The van der Waals surface area contributed by atoms with Crippen molar-refractivity contribution in [3.05, 3.63) is 12.2 Å². The van der Waals surface area contributed by atoms with Gasteiger partial charge in [0.2, 0.25) is 0 Å². The molecule has 2 aliphatic rings. The quantitative estimate of drug-likeness (QED) is 0.462. The average molecular weight is 291 g/mol. The maximum absolute atomic E-state index is 13.0. The fraction of sp³-hybridized carbons (Fsp3) is 0.769. The van der Waals surface area contributed by atoms with Crippen molar-refractivity contribution >= 4 is 17.5 Å². The molecule has 1 N–H and O–H groups in total. The molecule has 108 valence electrons. The highest BCUT2D eigenvalue weighted by atomic mass is 35.5. The molecule has 2 atom stereocenters. The summed E-state index contributed by atoms with van der Waals surface area (Å²) >= 11 is 5.51. The second-order valence-electron chi connectivity index (χ2n) is 5.07. The molecule has 1 amide bonds. The normalized spacial score (nSPS) is 31.6. The highest BCUT2D eigenvalue weighted by molar-refractivity contribution is 6.24. The van der Waals surface area contributed by atoms with Crippen LogP contribution in [0.2, 0.25) is 0 Å². The van der Waals surface area contributed by atoms with Crippen molar-refractivity contribution in [2.45, 2.75) is 30.8 Å². The first-order chi connectivity index (χ1) is 9.08. The minimum atomic E-state index is -1.45. The van der Waals surface area contributed by atoms with Crippen molar-refractivity contribution in [1.29, 1.82) is 0 Å². The summed E-state index contributed by atoms with van der Waals surface area (Å²) in [6.45, 7) is 2.73. The van der Waals surface area contributed by atoms with Gasteiger partial charge in [-0.25, -0.2) is 9.40 Å². The lowest BCUT2D eigenvalue weighted by molar-refractivity contribution is -0.123. The number of allylic oxidation sites excluding steroid dienone is 1. The van der Waals surface area contributed by atoms with Gasteiger partial charge in [0.15, 0.2) is 5.13 Å². The molecule has 0 aromatic carbocycles. The summed E-state index contributed by atoms with van der Waals surface area (Å²) in [7, 11) is 0. The topological polar surface area (TPSA) is 41.6 Å². The number of halogens is 2. The third-order valence-electron chi connectivity index (χ3n) is 3.43. The molecule has 0 bridgehead atoms. The lowest BCUT2D eigenvalue weighted by Crippen LogP contribution is -2.47. The van der Waals surface area contributed by atoms with Crippen molar-refractivity contribution in [3.8, 4) is 0 Å². The number of unbranched alkanes of at least 4 members (excludes halogenated alkanes) is 1. The first-order valence-corrected chi connectivity index (χ1v) is 7.13. The van der Waals surface area contributed by atoms with Gasteiger partial charge in [-0.2, -0.15) is 0 Å². The van der Waals surface area contributed by atoms with Crippen molar-refractivity contribution in [2.24, 2.45) is 5.92 Å². The van der Waals surface area contributed by atoms with Crippen molar-refractivity contribution in [1.82, 2.24) is 10.4 Å². The van der Waals surface area contributed by atoms with E-state index in [4.69, 9.17) is 16.3 Å². The van der Waals surface area contributed by atoms with E-state index in [9.17, 15) is 9.18 Å². The number of carbonyl (C=O) groups is 1. The Morgan fingerprint density at radius 3 is 2.84 bits per heavy atom. The second-order valence-corrected chi connectivity index (χ2v) is 5.70. The number of rotatable bonds is 6. The predicted molar refractivity (Wildman–Crippen MR) is 71.3 cm³/mol. The Hall–Kier alpha value is -0.650. The minimum absolute atomic E-state index is 0.00439. The smallest absolute Gasteiger partial charge is 0.257 e. The zero-order chi connectivity index (χ0) is 13.7. The number of nitrogens with one attached hydrogen (secondary N) is 1. The van der Waals surface area contributed by atoms with E-state index in [0.717, 1.165) is 32.4 Å². The average Bonchev–Trinajstić information content (AvgIpc) is 2.98. The lowest BCUT2D eigenvalue weighted by Gasteiger charge is -2.26. The Morgan fingerprint density at radius 1 is 1.53 bits per heavy atom. The van der Waals surface area contributed by atoms with Crippen LogP contribution in [-0.4, -0.2) is 42.3 Å². The molecule has 1 saturated heterocycles. The van der Waals surface area contributed by atoms with Gasteiger partial charge in [0, 0.05) is 31.5 Å². The molecule has 2 rings (SSSR count). The van der Waals surface area contributed by atoms with E-state index in [0.29, 0.717) is 19.6 Å². The van der Waals surface area contributed by atoms with Crippen LogP contribution in [0.15, 0.2) is 12.2 Å². The summed E-state index contributed by atoms with van der Waals surface area (Å²) in [6.07, 6.45) is 6.26. The van der Waals surface area contributed by atoms with Gasteiger partial charge < -0.3 is 4.74 Å². The van der Waals surface area contributed by atoms with Crippen LogP contribution in [0.5, 0.6) is 0 Å². The minimum Gasteiger partial charge on any atom is -0.379 e. The van der Waals surface area contributed by atoms with Crippen LogP contribution in [0.25, 0.3) is 0 Å². The summed E-state index contributed by atoms with van der Waals surface area (Å²) < 4.78 is 18.2. The zero-order valence-electron chi connectivity index (χ0n) is 10.9. The predicted octanol–water partition coefficient (Wildman–Crippen LogP) is 2.00. The van der Waals surface area contributed by atoms with Gasteiger partial charge in [0.05, 0.1) is 13.2 Å². The number of amides is 1. The number of nitrogens with zero attached hydrogens (tertiary/aromatic N) is 1. The molecule has 2 fully saturated rings. The first-order valence-electron chi connectivity index (χ1n) is 6.75. The van der Waals surface area contributed by atoms with Gasteiger partial charge in [-0.05, 0) is 19.3 Å². The molecular weight excluding hydrogens is 271 g/mol. The Labute approximate surface area is 117 Å². The Balaban J connectivity index is 1.53. The molecular formula is C13H20ClFN2O2. The lowest BCUT2D eigenvalue weighted by atomic mass is 10.1. The van der Waals surface area contributed by atoms with E-state index < -0.39 is 5.13 Å². The molecule has 0 spiro atoms. The number of hydrazine groups is 1. The molecule has 1 heterocycles. The van der Waals surface area contributed by atoms with Crippen LogP contribution in [0.1, 0.15) is 25.7 Å². The monoisotopic (exact) mass is 290 g/mol. The molecule has 19 heavy (non-hydrogen) atoms. The van der Waals surface area contributed by atoms with Gasteiger partial charge in [-0.15, -0.1) is 0 Å². The molecule has 0 radical (unpaired) electrons. The van der Waals surface area contributed by atoms with E-state index >= 15 is 0 Å². The fourth-order valence-electron chi connectivity index (χ4n) is 2.12. The molecule has 1 saturated carbocycles. The van der Waals surface area contributed by atoms with Crippen molar-refractivity contribution in [3.63, 3.8) is 0 Å². The number of hydrogen-bond acceptors (Lipinski definition) is 3. The third-order valence-corrected chi connectivity index (χ3v) is 3.89. The standard InChI is InChI=1S/C13H20ClFN2O2/c14-13(15)10-11(13)4-2-1-3-5-12(18)16-17-6-8-19-9-7-17/h3,5,11H,1-2,4,6-10H2,(H,16,18)/b5-3+. The summed E-state index contributed by atoms with van der Waals surface area (Å²) in [5, 5.41) is 0.405. The number of hydrogen-bond donors (Lipinski definition) is 1. The highest BCUT2D eigenvalue weighted by Gasteiger charge is 2.53. The summed E-state index contributed by atoms with van der Waals surface area (Å²) in [4.78, 5) is 11.6. The van der Waals surface area contributed by atoms with Gasteiger partial charge in [0.1, 0.15) is 0 Å². The molecule has 0 aromatic rings. The van der Waals surface area contributed by atoms with Crippen LogP contribution in [0, 0.1) is 5.92 Å². The number of alkyl halides is 2. The zero-order valence-corrected chi connectivity index (χ0v) is 11.7. The van der Waals surface area contributed by atoms with E-state index in [1.54, 1.807) is 0 Å². The van der Waals surface area contributed by atoms with Crippen LogP contribution in [0.3, 0.4) is 0 Å². The molecule has 1 aliphatic carbocycles. The van der Waals surface area contributed by atoms with Crippen LogP contribution < -0.4 is 5.43 Å². The summed E-state index contributed by atoms with van der Waals surface area (Å²) in [6, 6.07) is 0. The molecule has 1 aliphatic heterocycles. The molecule has 6 heteroatoms. The van der Waals surface area contributed by atoms with Crippen molar-refractivity contribution < 1.29 is 13.9 Å². The third kappa shape index (κ3) is 5.09. The first kappa shape index (κ1) is 14.8. The maximum Gasteiger partial charge on any atom is 0.257 e. The number of carbonyl (C=O) groups excluding carboxylic acids is 1. The highest BCUT2D eigenvalue weighted by Crippen LogP contribution is 2.53. The van der Waals surface area contributed by atoms with E-state index in [2.05, 4.69) is 5.43 Å². The Morgan fingerprint density at radius 2 is 2.21 bits per heavy atom. The van der Waals surface area contributed by atoms with E-state index in [-0.39, 0.29) is 11.8 Å². The van der Waals surface area contributed by atoms with E-state index in [1.807, 2.05) is 11.1 Å². The van der Waals surface area contributed by atoms with Crippen LogP contribution in [-0.2, 0) is 9.53 Å². The van der Waals surface area contributed by atoms with Gasteiger partial charge in [-0.3, -0.25) is 10.2 Å². The maximum atomic E-state index is 13.0. The van der Waals surface area contributed by atoms with Gasteiger partial charge in [-0.1, -0.05) is 17.7 Å². The van der Waals surface area contributed by atoms with Gasteiger partial charge in [0.25, 0.3) is 5.91 Å². The van der Waals surface area contributed by atoms with Gasteiger partial charge >= 0.3 is 0 Å². The molecule has 0 aromatic heterocycles. The van der Waals surface area contributed by atoms with E-state index in [1.165, 1.54) is 6.08 Å². The number of morpholine rings is 1. The molecule has 2 unspecified atom stereocenters. The van der Waals surface area contributed by atoms with Crippen LogP contribution >= 0.6 is 11.6 Å².